The van der Waals surface area contributed by atoms with E-state index in [0.717, 1.165) is 29.0 Å². The average Bonchev–Trinajstić information content (AvgIpc) is 2.66. The molecule has 0 atom stereocenters. The molecule has 1 aromatic carbocycles. The van der Waals surface area contributed by atoms with Gasteiger partial charge in [0, 0.05) is 44.7 Å². The second-order valence-corrected chi connectivity index (χ2v) is 7.32. The van der Waals surface area contributed by atoms with Crippen LogP contribution >= 0.6 is 0 Å². The Bertz CT molecular complexity index is 857. The average molecular weight is 369 g/mol. The first-order valence-corrected chi connectivity index (χ1v) is 9.32. The van der Waals surface area contributed by atoms with Gasteiger partial charge in [0.15, 0.2) is 0 Å². The first-order valence-electron chi connectivity index (χ1n) is 9.32. The van der Waals surface area contributed by atoms with Gasteiger partial charge in [-0.15, -0.1) is 0 Å². The maximum Gasteiger partial charge on any atom is 0.254 e. The molecule has 1 fully saturated rings. The van der Waals surface area contributed by atoms with E-state index in [1.54, 1.807) is 0 Å². The Morgan fingerprint density at radius 2 is 1.56 bits per heavy atom. The zero-order chi connectivity index (χ0) is 19.6. The van der Waals surface area contributed by atoms with E-state index in [-0.39, 0.29) is 11.8 Å². The number of hydrogen-bond donors (Lipinski definition) is 0. The van der Waals surface area contributed by atoms with E-state index in [9.17, 15) is 9.59 Å². The van der Waals surface area contributed by atoms with Crippen LogP contribution in [0.2, 0.25) is 0 Å². The number of aromatic nitrogens is 2. The first-order chi connectivity index (χ1) is 12.8. The third-order valence-corrected chi connectivity index (χ3v) is 5.01. The Hall–Kier alpha value is -2.54. The zero-order valence-electron chi connectivity index (χ0n) is 16.5. The van der Waals surface area contributed by atoms with E-state index in [1.165, 1.54) is 0 Å². The van der Waals surface area contributed by atoms with Gasteiger partial charge < -0.3 is 14.7 Å². The van der Waals surface area contributed by atoms with Crippen LogP contribution in [-0.4, -0.2) is 83.3 Å². The first kappa shape index (κ1) is 19.2. The van der Waals surface area contributed by atoms with Gasteiger partial charge in [0.2, 0.25) is 5.91 Å². The largest absolute Gasteiger partial charge is 0.339 e. The number of piperazine rings is 1. The minimum absolute atomic E-state index is 0.0164. The summed E-state index contributed by atoms with van der Waals surface area (Å²) in [6, 6.07) is 5.47. The molecule has 3 rings (SSSR count). The number of benzene rings is 1. The fraction of sp³-hybridized carbons (Fsp3) is 0.500. The van der Waals surface area contributed by atoms with E-state index in [0.29, 0.717) is 38.2 Å². The quantitative estimate of drug-likeness (QED) is 0.817. The van der Waals surface area contributed by atoms with Crippen LogP contribution in [0.5, 0.6) is 0 Å². The van der Waals surface area contributed by atoms with E-state index < -0.39 is 0 Å². The predicted octanol–water partition coefficient (Wildman–Crippen LogP) is 1.48. The molecule has 27 heavy (non-hydrogen) atoms. The van der Waals surface area contributed by atoms with E-state index in [2.05, 4.69) is 9.97 Å². The number of aryl methyl sites for hydroxylation is 2. The summed E-state index contributed by atoms with van der Waals surface area (Å²) in [5.74, 6) is 0.139. The molecule has 1 aromatic heterocycles. The molecule has 7 heteroatoms. The topological polar surface area (TPSA) is 69.6 Å². The van der Waals surface area contributed by atoms with Crippen molar-refractivity contribution in [1.29, 1.82) is 0 Å². The molecule has 2 heterocycles. The van der Waals surface area contributed by atoms with Crippen molar-refractivity contribution in [3.8, 4) is 0 Å². The highest BCUT2D eigenvalue weighted by molar-refractivity contribution is 5.97. The van der Waals surface area contributed by atoms with Gasteiger partial charge in [0.25, 0.3) is 5.91 Å². The Morgan fingerprint density at radius 1 is 0.963 bits per heavy atom. The minimum Gasteiger partial charge on any atom is -0.339 e. The molecular formula is C20H27N5O2. The number of hydrogen-bond acceptors (Lipinski definition) is 5. The minimum atomic E-state index is -0.0164. The van der Waals surface area contributed by atoms with Crippen LogP contribution < -0.4 is 0 Å². The molecule has 0 saturated carbocycles. The lowest BCUT2D eigenvalue weighted by molar-refractivity contribution is -0.132. The zero-order valence-corrected chi connectivity index (χ0v) is 16.5. The summed E-state index contributed by atoms with van der Waals surface area (Å²) < 4.78 is 0. The Morgan fingerprint density at radius 3 is 2.19 bits per heavy atom. The molecular weight excluding hydrogens is 342 g/mol. The number of fused-ring (bicyclic) bond motifs is 1. The van der Waals surface area contributed by atoms with Crippen molar-refractivity contribution in [3.05, 3.63) is 35.2 Å². The standard InChI is InChI=1S/C20H27N5O2/c1-14-15(2)22-18-13-16(5-6-17(18)21-14)20(27)25-11-9-24(10-12-25)19(26)7-8-23(3)4/h5-6,13H,7-12H2,1-4H3. The number of nitrogens with zero attached hydrogens (tertiary/aromatic N) is 5. The summed E-state index contributed by atoms with van der Waals surface area (Å²) in [6.45, 7) is 6.89. The summed E-state index contributed by atoms with van der Waals surface area (Å²) in [5.41, 5.74) is 3.92. The number of carbonyl (C=O) groups excluding carboxylic acids is 2. The number of rotatable bonds is 4. The number of amides is 2. The lowest BCUT2D eigenvalue weighted by Gasteiger charge is -2.35. The molecule has 144 valence electrons. The van der Waals surface area contributed by atoms with Crippen LogP contribution in [0.1, 0.15) is 28.2 Å². The van der Waals surface area contributed by atoms with Gasteiger partial charge in [0.05, 0.1) is 22.4 Å². The van der Waals surface area contributed by atoms with Gasteiger partial charge in [-0.3, -0.25) is 9.59 Å². The SMILES string of the molecule is Cc1nc2ccc(C(=O)N3CCN(C(=O)CCN(C)C)CC3)cc2nc1C. The molecule has 2 aromatic rings. The fourth-order valence-corrected chi connectivity index (χ4v) is 3.18. The third kappa shape index (κ3) is 4.42. The summed E-state index contributed by atoms with van der Waals surface area (Å²) in [4.78, 5) is 39.8. The van der Waals surface area contributed by atoms with E-state index >= 15 is 0 Å². The van der Waals surface area contributed by atoms with Crippen LogP contribution in [0.4, 0.5) is 0 Å². The molecule has 0 bridgehead atoms. The maximum atomic E-state index is 12.9. The highest BCUT2D eigenvalue weighted by Crippen LogP contribution is 2.17. The summed E-state index contributed by atoms with van der Waals surface area (Å²) in [6.07, 6.45) is 0.517. The molecule has 0 aliphatic carbocycles. The summed E-state index contributed by atoms with van der Waals surface area (Å²) in [5, 5.41) is 0. The van der Waals surface area contributed by atoms with Crippen molar-refractivity contribution in [2.24, 2.45) is 0 Å². The molecule has 0 unspecified atom stereocenters. The summed E-state index contributed by atoms with van der Waals surface area (Å²) in [7, 11) is 3.92. The summed E-state index contributed by atoms with van der Waals surface area (Å²) >= 11 is 0. The van der Waals surface area contributed by atoms with Crippen LogP contribution in [0, 0.1) is 13.8 Å². The van der Waals surface area contributed by atoms with Crippen LogP contribution in [0.3, 0.4) is 0 Å². The van der Waals surface area contributed by atoms with Gasteiger partial charge >= 0.3 is 0 Å². The molecule has 0 spiro atoms. The lowest BCUT2D eigenvalue weighted by Crippen LogP contribution is -2.50. The smallest absolute Gasteiger partial charge is 0.254 e. The Labute approximate surface area is 160 Å². The molecule has 0 N–H and O–H groups in total. The van der Waals surface area contributed by atoms with Gasteiger partial charge in [-0.25, -0.2) is 9.97 Å². The molecule has 0 radical (unpaired) electrons. The van der Waals surface area contributed by atoms with Crippen molar-refractivity contribution in [2.75, 3.05) is 46.8 Å². The van der Waals surface area contributed by atoms with Crippen molar-refractivity contribution in [1.82, 2.24) is 24.7 Å². The predicted molar refractivity (Wildman–Crippen MR) is 105 cm³/mol. The Kier molecular flexibility index (Phi) is 5.70. The van der Waals surface area contributed by atoms with E-state index in [4.69, 9.17) is 0 Å². The molecule has 1 aliphatic heterocycles. The normalized spacial score (nSPS) is 14.9. The number of carbonyl (C=O) groups is 2. The van der Waals surface area contributed by atoms with Gasteiger partial charge in [-0.05, 0) is 46.1 Å². The monoisotopic (exact) mass is 369 g/mol. The van der Waals surface area contributed by atoms with Crippen molar-refractivity contribution >= 4 is 22.8 Å². The van der Waals surface area contributed by atoms with Crippen LogP contribution in [0.25, 0.3) is 11.0 Å². The highest BCUT2D eigenvalue weighted by Gasteiger charge is 2.25. The van der Waals surface area contributed by atoms with Crippen LogP contribution in [-0.2, 0) is 4.79 Å². The molecule has 2 amide bonds. The molecule has 7 nitrogen and oxygen atoms in total. The van der Waals surface area contributed by atoms with E-state index in [1.807, 2.05) is 60.8 Å². The van der Waals surface area contributed by atoms with Gasteiger partial charge in [-0.1, -0.05) is 0 Å². The van der Waals surface area contributed by atoms with Crippen LogP contribution in [0.15, 0.2) is 18.2 Å². The molecule has 1 aliphatic rings. The maximum absolute atomic E-state index is 12.9. The van der Waals surface area contributed by atoms with Gasteiger partial charge in [-0.2, -0.15) is 0 Å². The Balaban J connectivity index is 1.64. The fourth-order valence-electron chi connectivity index (χ4n) is 3.18. The third-order valence-electron chi connectivity index (χ3n) is 5.01. The second-order valence-electron chi connectivity index (χ2n) is 7.32. The van der Waals surface area contributed by atoms with Gasteiger partial charge in [0.1, 0.15) is 0 Å². The lowest BCUT2D eigenvalue weighted by atomic mass is 10.1. The molecule has 1 saturated heterocycles. The second kappa shape index (κ2) is 8.00. The highest BCUT2D eigenvalue weighted by atomic mass is 16.2. The van der Waals surface area contributed by atoms with Crippen molar-refractivity contribution < 1.29 is 9.59 Å². The van der Waals surface area contributed by atoms with Crippen molar-refractivity contribution in [3.63, 3.8) is 0 Å². The van der Waals surface area contributed by atoms with Crippen molar-refractivity contribution in [2.45, 2.75) is 20.3 Å².